The number of hydrogen-bond donors (Lipinski definition) is 1. The third-order valence-corrected chi connectivity index (χ3v) is 2.92. The van der Waals surface area contributed by atoms with E-state index in [0.29, 0.717) is 18.1 Å². The maximum Gasteiger partial charge on any atom is 0.232 e. The highest BCUT2D eigenvalue weighted by Crippen LogP contribution is 2.31. The molecule has 16 heavy (non-hydrogen) atoms. The van der Waals surface area contributed by atoms with Crippen LogP contribution in [-0.4, -0.2) is 28.9 Å². The summed E-state index contributed by atoms with van der Waals surface area (Å²) in [7, 11) is 0. The van der Waals surface area contributed by atoms with Gasteiger partial charge in [0.05, 0.1) is 12.0 Å². The van der Waals surface area contributed by atoms with Crippen molar-refractivity contribution >= 4 is 0 Å². The monoisotopic (exact) mass is 225 g/mol. The number of hydrogen-bond acceptors (Lipinski definition) is 5. The molecule has 0 amide bonds. The van der Waals surface area contributed by atoms with Crippen molar-refractivity contribution < 1.29 is 9.26 Å². The number of nitrogens with zero attached hydrogens (tertiary/aromatic N) is 2. The second kappa shape index (κ2) is 4.93. The number of ether oxygens (including phenoxy) is 1. The van der Waals surface area contributed by atoms with Crippen LogP contribution >= 0.6 is 0 Å². The van der Waals surface area contributed by atoms with Crippen molar-refractivity contribution in [3.8, 4) is 0 Å². The quantitative estimate of drug-likeness (QED) is 0.834. The largest absolute Gasteiger partial charge is 0.377 e. The third-order valence-electron chi connectivity index (χ3n) is 2.92. The number of rotatable bonds is 4. The number of nitrogens with two attached hydrogens (primary N) is 1. The molecule has 1 saturated heterocycles. The molecule has 0 aromatic carbocycles. The normalized spacial score (nSPS) is 27.2. The van der Waals surface area contributed by atoms with Crippen LogP contribution in [0.15, 0.2) is 4.52 Å². The Bertz CT molecular complexity index is 338. The Labute approximate surface area is 95.3 Å². The predicted octanol–water partition coefficient (Wildman–Crippen LogP) is 1.24. The van der Waals surface area contributed by atoms with E-state index in [0.717, 1.165) is 19.4 Å². The van der Waals surface area contributed by atoms with Crippen LogP contribution in [0.25, 0.3) is 0 Å². The molecule has 1 aromatic rings. The minimum absolute atomic E-state index is 0.0623. The van der Waals surface area contributed by atoms with Crippen LogP contribution in [0.5, 0.6) is 0 Å². The lowest BCUT2D eigenvalue weighted by Crippen LogP contribution is -2.18. The van der Waals surface area contributed by atoms with Gasteiger partial charge in [-0.05, 0) is 19.8 Å². The standard InChI is InChI=1S/C11H19N3O2/c1-3-9-8(4-5-15-9)11-13-10(14-16-11)6-7(2)12/h7-9H,3-6,12H2,1-2H3. The molecule has 1 aliphatic heterocycles. The fraction of sp³-hybridized carbons (Fsp3) is 0.818. The summed E-state index contributed by atoms with van der Waals surface area (Å²) in [5.74, 6) is 1.67. The van der Waals surface area contributed by atoms with Crippen LogP contribution in [0.3, 0.4) is 0 Å². The molecule has 5 heteroatoms. The zero-order valence-corrected chi connectivity index (χ0v) is 9.85. The summed E-state index contributed by atoms with van der Waals surface area (Å²) in [4.78, 5) is 4.39. The molecule has 3 unspecified atom stereocenters. The summed E-state index contributed by atoms with van der Waals surface area (Å²) >= 11 is 0. The van der Waals surface area contributed by atoms with Gasteiger partial charge < -0.3 is 15.0 Å². The summed E-state index contributed by atoms with van der Waals surface area (Å²) in [6.45, 7) is 4.83. The SMILES string of the molecule is CCC1OCCC1c1nc(CC(C)N)no1. The van der Waals surface area contributed by atoms with Crippen molar-refractivity contribution in [3.05, 3.63) is 11.7 Å². The summed E-state index contributed by atoms with van der Waals surface area (Å²) < 4.78 is 10.9. The van der Waals surface area contributed by atoms with Crippen molar-refractivity contribution in [3.63, 3.8) is 0 Å². The zero-order chi connectivity index (χ0) is 11.5. The molecule has 2 rings (SSSR count). The molecule has 0 radical (unpaired) electrons. The van der Waals surface area contributed by atoms with Gasteiger partial charge in [0.1, 0.15) is 0 Å². The van der Waals surface area contributed by atoms with Gasteiger partial charge in [-0.15, -0.1) is 0 Å². The van der Waals surface area contributed by atoms with Gasteiger partial charge in [0.2, 0.25) is 5.89 Å². The Hall–Kier alpha value is -0.940. The molecule has 2 heterocycles. The van der Waals surface area contributed by atoms with E-state index in [1.54, 1.807) is 0 Å². The average molecular weight is 225 g/mol. The molecular formula is C11H19N3O2. The highest BCUT2D eigenvalue weighted by Gasteiger charge is 2.32. The van der Waals surface area contributed by atoms with Gasteiger partial charge in [-0.3, -0.25) is 0 Å². The Morgan fingerprint density at radius 3 is 3.06 bits per heavy atom. The van der Waals surface area contributed by atoms with Crippen LogP contribution in [-0.2, 0) is 11.2 Å². The lowest BCUT2D eigenvalue weighted by Gasteiger charge is -2.11. The Morgan fingerprint density at radius 2 is 2.38 bits per heavy atom. The van der Waals surface area contributed by atoms with Crippen molar-refractivity contribution in [2.75, 3.05) is 6.61 Å². The van der Waals surface area contributed by atoms with Gasteiger partial charge in [0.25, 0.3) is 0 Å². The topological polar surface area (TPSA) is 74.2 Å². The van der Waals surface area contributed by atoms with E-state index in [1.165, 1.54) is 0 Å². The second-order valence-electron chi connectivity index (χ2n) is 4.44. The maximum atomic E-state index is 5.69. The average Bonchev–Trinajstić information content (AvgIpc) is 2.83. The molecule has 90 valence electrons. The lowest BCUT2D eigenvalue weighted by atomic mass is 10.00. The highest BCUT2D eigenvalue weighted by atomic mass is 16.5. The fourth-order valence-corrected chi connectivity index (χ4v) is 2.12. The van der Waals surface area contributed by atoms with Gasteiger partial charge >= 0.3 is 0 Å². The minimum Gasteiger partial charge on any atom is -0.377 e. The van der Waals surface area contributed by atoms with Crippen molar-refractivity contribution in [1.82, 2.24) is 10.1 Å². The van der Waals surface area contributed by atoms with E-state index >= 15 is 0 Å². The Morgan fingerprint density at radius 1 is 1.56 bits per heavy atom. The summed E-state index contributed by atoms with van der Waals surface area (Å²) in [5, 5.41) is 3.95. The molecule has 0 bridgehead atoms. The van der Waals surface area contributed by atoms with Gasteiger partial charge in [-0.25, -0.2) is 0 Å². The van der Waals surface area contributed by atoms with Gasteiger partial charge in [-0.2, -0.15) is 4.98 Å². The van der Waals surface area contributed by atoms with Crippen molar-refractivity contribution in [2.45, 2.75) is 51.2 Å². The van der Waals surface area contributed by atoms with Crippen LogP contribution < -0.4 is 5.73 Å². The van der Waals surface area contributed by atoms with Crippen molar-refractivity contribution in [1.29, 1.82) is 0 Å². The first-order valence-electron chi connectivity index (χ1n) is 5.90. The first kappa shape index (κ1) is 11.5. The Kier molecular flexibility index (Phi) is 3.56. The summed E-state index contributed by atoms with van der Waals surface area (Å²) in [6, 6.07) is 0.0623. The van der Waals surface area contributed by atoms with E-state index in [4.69, 9.17) is 15.0 Å². The van der Waals surface area contributed by atoms with Crippen LogP contribution in [0.2, 0.25) is 0 Å². The molecular weight excluding hydrogens is 206 g/mol. The summed E-state index contributed by atoms with van der Waals surface area (Å²) in [6.07, 6.45) is 2.84. The van der Waals surface area contributed by atoms with E-state index < -0.39 is 0 Å². The lowest BCUT2D eigenvalue weighted by molar-refractivity contribution is 0.0953. The molecule has 0 saturated carbocycles. The summed E-state index contributed by atoms with van der Waals surface area (Å²) in [5.41, 5.74) is 5.69. The van der Waals surface area contributed by atoms with Crippen LogP contribution in [0.4, 0.5) is 0 Å². The van der Waals surface area contributed by atoms with Gasteiger partial charge in [0, 0.05) is 19.1 Å². The van der Waals surface area contributed by atoms with E-state index in [-0.39, 0.29) is 18.1 Å². The van der Waals surface area contributed by atoms with Gasteiger partial charge in [0.15, 0.2) is 5.82 Å². The predicted molar refractivity (Wildman–Crippen MR) is 59.0 cm³/mol. The number of aromatic nitrogens is 2. The zero-order valence-electron chi connectivity index (χ0n) is 9.85. The molecule has 0 aliphatic carbocycles. The molecule has 0 spiro atoms. The molecule has 1 aromatic heterocycles. The van der Waals surface area contributed by atoms with E-state index in [9.17, 15) is 0 Å². The maximum absolute atomic E-state index is 5.69. The molecule has 2 N–H and O–H groups in total. The second-order valence-corrected chi connectivity index (χ2v) is 4.44. The molecule has 3 atom stereocenters. The first-order valence-corrected chi connectivity index (χ1v) is 5.90. The van der Waals surface area contributed by atoms with E-state index in [2.05, 4.69) is 17.1 Å². The Balaban J connectivity index is 2.06. The first-order chi connectivity index (χ1) is 7.70. The van der Waals surface area contributed by atoms with Gasteiger partial charge in [-0.1, -0.05) is 12.1 Å². The molecule has 1 aliphatic rings. The minimum atomic E-state index is 0.0623. The van der Waals surface area contributed by atoms with Crippen LogP contribution in [0, 0.1) is 0 Å². The third kappa shape index (κ3) is 2.41. The smallest absolute Gasteiger partial charge is 0.232 e. The highest BCUT2D eigenvalue weighted by molar-refractivity contribution is 5.00. The van der Waals surface area contributed by atoms with Crippen LogP contribution in [0.1, 0.15) is 44.3 Å². The fourth-order valence-electron chi connectivity index (χ4n) is 2.12. The molecule has 1 fully saturated rings. The van der Waals surface area contributed by atoms with E-state index in [1.807, 2.05) is 6.92 Å². The van der Waals surface area contributed by atoms with Crippen molar-refractivity contribution in [2.24, 2.45) is 5.73 Å². The molecule has 5 nitrogen and oxygen atoms in total.